The molecule has 1 aliphatic carbocycles. The van der Waals surface area contributed by atoms with E-state index in [0.717, 1.165) is 12.8 Å². The number of carbonyl (C=O) groups is 2. The first-order chi connectivity index (χ1) is 9.06. The molecular weight excluding hydrogens is 248 g/mol. The van der Waals surface area contributed by atoms with Crippen LogP contribution in [0.15, 0.2) is 22.8 Å². The third-order valence-electron chi connectivity index (χ3n) is 3.21. The van der Waals surface area contributed by atoms with Crippen molar-refractivity contribution in [3.63, 3.8) is 0 Å². The second-order valence-electron chi connectivity index (χ2n) is 4.93. The molecule has 2 amide bonds. The smallest absolute Gasteiger partial charge is 0.317 e. The molecule has 0 saturated heterocycles. The van der Waals surface area contributed by atoms with Crippen LogP contribution in [0.3, 0.4) is 0 Å². The van der Waals surface area contributed by atoms with Gasteiger partial charge in [-0.1, -0.05) is 0 Å². The number of hydrogen-bond acceptors (Lipinski definition) is 3. The molecule has 1 aromatic heterocycles. The third-order valence-corrected chi connectivity index (χ3v) is 3.21. The van der Waals surface area contributed by atoms with Crippen molar-refractivity contribution >= 4 is 12.0 Å². The van der Waals surface area contributed by atoms with Crippen LogP contribution in [0.25, 0.3) is 0 Å². The van der Waals surface area contributed by atoms with E-state index in [-0.39, 0.29) is 18.5 Å². The molecule has 6 heteroatoms. The minimum atomic E-state index is -0.883. The van der Waals surface area contributed by atoms with E-state index in [9.17, 15) is 9.59 Å². The summed E-state index contributed by atoms with van der Waals surface area (Å²) in [5.74, 6) is 0.113. The molecule has 1 saturated carbocycles. The Kier molecular flexibility index (Phi) is 4.09. The normalized spacial score (nSPS) is 15.8. The van der Waals surface area contributed by atoms with Gasteiger partial charge in [-0.25, -0.2) is 4.79 Å². The quantitative estimate of drug-likeness (QED) is 0.820. The fraction of sp³-hybridized carbons (Fsp3) is 0.538. The van der Waals surface area contributed by atoms with Gasteiger partial charge < -0.3 is 19.7 Å². The van der Waals surface area contributed by atoms with Crippen molar-refractivity contribution in [1.29, 1.82) is 0 Å². The van der Waals surface area contributed by atoms with Crippen molar-refractivity contribution in [3.8, 4) is 0 Å². The number of carbonyl (C=O) groups excluding carboxylic acids is 1. The van der Waals surface area contributed by atoms with Crippen LogP contribution in [0.5, 0.6) is 0 Å². The van der Waals surface area contributed by atoms with Gasteiger partial charge in [-0.2, -0.15) is 0 Å². The summed E-state index contributed by atoms with van der Waals surface area (Å²) in [6.07, 6.45) is 3.50. The Bertz CT molecular complexity index is 440. The third kappa shape index (κ3) is 4.01. The van der Waals surface area contributed by atoms with Crippen molar-refractivity contribution in [2.24, 2.45) is 5.92 Å². The molecule has 19 heavy (non-hydrogen) atoms. The van der Waals surface area contributed by atoms with E-state index in [1.54, 1.807) is 25.4 Å². The highest BCUT2D eigenvalue weighted by Crippen LogP contribution is 2.34. The zero-order valence-electron chi connectivity index (χ0n) is 10.8. The number of amides is 2. The number of carboxylic acid groups (broad SMARTS) is 1. The van der Waals surface area contributed by atoms with Gasteiger partial charge in [0.2, 0.25) is 0 Å². The number of urea groups is 1. The first-order valence-corrected chi connectivity index (χ1v) is 6.32. The average Bonchev–Trinajstić information content (AvgIpc) is 3.07. The molecule has 104 valence electrons. The zero-order chi connectivity index (χ0) is 13.8. The lowest BCUT2D eigenvalue weighted by atomic mass is 10.1. The number of aliphatic carboxylic acids is 1. The van der Waals surface area contributed by atoms with Crippen LogP contribution in [0.4, 0.5) is 4.79 Å². The molecule has 2 rings (SSSR count). The maximum absolute atomic E-state index is 12.0. The highest BCUT2D eigenvalue weighted by Gasteiger charge is 2.34. The molecule has 2 N–H and O–H groups in total. The number of hydrogen-bond donors (Lipinski definition) is 2. The van der Waals surface area contributed by atoms with Crippen molar-refractivity contribution in [2.75, 3.05) is 7.05 Å². The van der Waals surface area contributed by atoms with Crippen LogP contribution in [0.1, 0.15) is 25.0 Å². The molecule has 1 aliphatic rings. The Labute approximate surface area is 111 Å². The highest BCUT2D eigenvalue weighted by atomic mass is 16.4. The molecule has 6 nitrogen and oxygen atoms in total. The fourth-order valence-electron chi connectivity index (χ4n) is 2.00. The molecule has 1 atom stereocenters. The van der Waals surface area contributed by atoms with Gasteiger partial charge in [-0.05, 0) is 30.9 Å². The number of rotatable bonds is 6. The van der Waals surface area contributed by atoms with Gasteiger partial charge in [0.25, 0.3) is 0 Å². The van der Waals surface area contributed by atoms with Crippen molar-refractivity contribution in [2.45, 2.75) is 31.8 Å². The number of nitrogens with zero attached hydrogens (tertiary/aromatic N) is 1. The first kappa shape index (κ1) is 13.5. The van der Waals surface area contributed by atoms with E-state index in [1.807, 2.05) is 0 Å². The van der Waals surface area contributed by atoms with E-state index in [0.29, 0.717) is 18.2 Å². The monoisotopic (exact) mass is 266 g/mol. The predicted octanol–water partition coefficient (Wildman–Crippen LogP) is 1.67. The second kappa shape index (κ2) is 5.77. The maximum atomic E-state index is 12.0. The minimum absolute atomic E-state index is 0.0228. The summed E-state index contributed by atoms with van der Waals surface area (Å²) in [6, 6.07) is 3.01. The molecule has 0 bridgehead atoms. The minimum Gasteiger partial charge on any atom is -0.481 e. The lowest BCUT2D eigenvalue weighted by Crippen LogP contribution is -2.44. The molecule has 1 heterocycles. The van der Waals surface area contributed by atoms with Gasteiger partial charge >= 0.3 is 12.0 Å². The van der Waals surface area contributed by atoms with E-state index in [1.165, 1.54) is 4.90 Å². The fourth-order valence-corrected chi connectivity index (χ4v) is 2.00. The SMILES string of the molecule is CN(Cc1ccco1)C(=O)NC(CC(=O)O)C1CC1. The summed E-state index contributed by atoms with van der Waals surface area (Å²) in [7, 11) is 1.66. The number of furan rings is 1. The van der Waals surface area contributed by atoms with Crippen LogP contribution < -0.4 is 5.32 Å². The van der Waals surface area contributed by atoms with Crippen molar-refractivity contribution in [3.05, 3.63) is 24.2 Å². The Morgan fingerprint density at radius 2 is 2.32 bits per heavy atom. The summed E-state index contributed by atoms with van der Waals surface area (Å²) < 4.78 is 5.17. The standard InChI is InChI=1S/C13H18N2O4/c1-15(8-10-3-2-6-19-10)13(18)14-11(7-12(16)17)9-4-5-9/h2-3,6,9,11H,4-5,7-8H2,1H3,(H,14,18)(H,16,17). The largest absolute Gasteiger partial charge is 0.481 e. The van der Waals surface area contributed by atoms with Crippen LogP contribution in [-0.2, 0) is 11.3 Å². The summed E-state index contributed by atoms with van der Waals surface area (Å²) in [5.41, 5.74) is 0. The van der Waals surface area contributed by atoms with Crippen LogP contribution in [0, 0.1) is 5.92 Å². The van der Waals surface area contributed by atoms with E-state index in [2.05, 4.69) is 5.32 Å². The molecule has 0 spiro atoms. The average molecular weight is 266 g/mol. The number of carboxylic acids is 1. The molecule has 0 aromatic carbocycles. The topological polar surface area (TPSA) is 82.8 Å². The summed E-state index contributed by atoms with van der Waals surface area (Å²) in [6.45, 7) is 0.364. The van der Waals surface area contributed by atoms with Gasteiger partial charge in [-0.3, -0.25) is 4.79 Å². The highest BCUT2D eigenvalue weighted by molar-refractivity contribution is 5.75. The molecule has 1 fully saturated rings. The van der Waals surface area contributed by atoms with E-state index >= 15 is 0 Å². The van der Waals surface area contributed by atoms with Crippen molar-refractivity contribution in [1.82, 2.24) is 10.2 Å². The Balaban J connectivity index is 1.85. The molecule has 0 radical (unpaired) electrons. The lowest BCUT2D eigenvalue weighted by molar-refractivity contribution is -0.137. The predicted molar refractivity (Wildman–Crippen MR) is 67.5 cm³/mol. The molecular formula is C13H18N2O4. The molecule has 1 aromatic rings. The summed E-state index contributed by atoms with van der Waals surface area (Å²) >= 11 is 0. The second-order valence-corrected chi connectivity index (χ2v) is 4.93. The Morgan fingerprint density at radius 3 is 2.84 bits per heavy atom. The van der Waals surface area contributed by atoms with Crippen LogP contribution >= 0.6 is 0 Å². The van der Waals surface area contributed by atoms with Crippen LogP contribution in [-0.4, -0.2) is 35.1 Å². The van der Waals surface area contributed by atoms with Crippen molar-refractivity contribution < 1.29 is 19.1 Å². The maximum Gasteiger partial charge on any atom is 0.317 e. The van der Waals surface area contributed by atoms with Gasteiger partial charge in [0.05, 0.1) is 19.2 Å². The number of nitrogens with one attached hydrogen (secondary N) is 1. The zero-order valence-corrected chi connectivity index (χ0v) is 10.8. The van der Waals surface area contributed by atoms with Gasteiger partial charge in [0.15, 0.2) is 0 Å². The summed E-state index contributed by atoms with van der Waals surface area (Å²) in [4.78, 5) is 24.2. The molecule has 1 unspecified atom stereocenters. The van der Waals surface area contributed by atoms with Gasteiger partial charge in [0.1, 0.15) is 5.76 Å². The van der Waals surface area contributed by atoms with E-state index in [4.69, 9.17) is 9.52 Å². The van der Waals surface area contributed by atoms with E-state index < -0.39 is 5.97 Å². The lowest BCUT2D eigenvalue weighted by Gasteiger charge is -2.22. The molecule has 0 aliphatic heterocycles. The van der Waals surface area contributed by atoms with Crippen LogP contribution in [0.2, 0.25) is 0 Å². The Hall–Kier alpha value is -1.98. The Morgan fingerprint density at radius 1 is 1.58 bits per heavy atom. The summed E-state index contributed by atoms with van der Waals surface area (Å²) in [5, 5.41) is 11.6. The van der Waals surface area contributed by atoms with Gasteiger partial charge in [-0.15, -0.1) is 0 Å². The first-order valence-electron chi connectivity index (χ1n) is 6.32. The van der Waals surface area contributed by atoms with Gasteiger partial charge in [0, 0.05) is 13.1 Å².